The number of carbonyl (C=O) groups is 2. The van der Waals surface area contributed by atoms with Gasteiger partial charge in [0, 0.05) is 39.3 Å². The molecule has 3 fully saturated rings. The molecule has 3 rings (SSSR count). The lowest BCUT2D eigenvalue weighted by Crippen LogP contribution is -2.64. The van der Waals surface area contributed by atoms with Gasteiger partial charge < -0.3 is 14.5 Å². The first-order chi connectivity index (χ1) is 13.5. The summed E-state index contributed by atoms with van der Waals surface area (Å²) < 4.78 is 32.7. The summed E-state index contributed by atoms with van der Waals surface area (Å²) in [6.45, 7) is 8.01. The Balaban J connectivity index is 1.49. The summed E-state index contributed by atoms with van der Waals surface area (Å²) in [6.07, 6.45) is 2.58. The number of sulfonamides is 1. The predicted molar refractivity (Wildman–Crippen MR) is 109 cm³/mol. The van der Waals surface area contributed by atoms with E-state index in [0.717, 1.165) is 25.8 Å². The zero-order valence-corrected chi connectivity index (χ0v) is 18.8. The van der Waals surface area contributed by atoms with Crippen molar-refractivity contribution < 1.29 is 22.7 Å². The molecular weight excluding hydrogens is 396 g/mol. The van der Waals surface area contributed by atoms with Crippen LogP contribution in [-0.2, 0) is 19.6 Å². The second-order valence-electron chi connectivity index (χ2n) is 9.27. The largest absolute Gasteiger partial charge is 0.444 e. The molecule has 0 spiro atoms. The molecule has 166 valence electrons. The summed E-state index contributed by atoms with van der Waals surface area (Å²) in [6, 6.07) is -0.121. The summed E-state index contributed by atoms with van der Waals surface area (Å²) in [5.74, 6) is 0.0494. The highest BCUT2D eigenvalue weighted by molar-refractivity contribution is 7.89. The number of piperidine rings is 1. The molecule has 0 radical (unpaired) electrons. The third-order valence-electron chi connectivity index (χ3n) is 5.89. The molecule has 0 saturated carbocycles. The zero-order chi connectivity index (χ0) is 21.4. The second-order valence-corrected chi connectivity index (χ2v) is 11.5. The van der Waals surface area contributed by atoms with Crippen LogP contribution in [0.15, 0.2) is 0 Å². The summed E-state index contributed by atoms with van der Waals surface area (Å²) in [7, 11) is -1.51. The van der Waals surface area contributed by atoms with Gasteiger partial charge in [0.25, 0.3) is 0 Å². The lowest BCUT2D eigenvalue weighted by atomic mass is 10.0. The van der Waals surface area contributed by atoms with Crippen LogP contribution in [0.5, 0.6) is 0 Å². The number of likely N-dealkylation sites (tertiary alicyclic amines) is 2. The van der Waals surface area contributed by atoms with Crippen LogP contribution in [0.1, 0.15) is 40.0 Å². The number of hydrogen-bond donors (Lipinski definition) is 0. The number of nitrogens with zero attached hydrogens (tertiary/aromatic N) is 4. The average molecular weight is 431 g/mol. The normalized spacial score (nSPS) is 25.6. The Morgan fingerprint density at radius 1 is 0.931 bits per heavy atom. The molecule has 3 saturated heterocycles. The quantitative estimate of drug-likeness (QED) is 0.650. The van der Waals surface area contributed by atoms with Crippen LogP contribution < -0.4 is 0 Å². The Labute approximate surface area is 174 Å². The van der Waals surface area contributed by atoms with E-state index in [1.807, 2.05) is 7.05 Å². The van der Waals surface area contributed by atoms with Gasteiger partial charge in [-0.05, 0) is 47.2 Å². The molecule has 1 atom stereocenters. The number of likely N-dealkylation sites (N-methyl/N-ethyl adjacent to an activating group) is 1. The lowest BCUT2D eigenvalue weighted by Gasteiger charge is -2.45. The minimum Gasteiger partial charge on any atom is -0.444 e. The van der Waals surface area contributed by atoms with Gasteiger partial charge in [-0.1, -0.05) is 6.42 Å². The second kappa shape index (κ2) is 8.39. The molecule has 0 bridgehead atoms. The van der Waals surface area contributed by atoms with Crippen molar-refractivity contribution in [1.29, 1.82) is 0 Å². The van der Waals surface area contributed by atoms with Gasteiger partial charge in [-0.3, -0.25) is 9.69 Å². The first-order valence-electron chi connectivity index (χ1n) is 10.4. The molecule has 0 aromatic rings. The zero-order valence-electron chi connectivity index (χ0n) is 18.0. The monoisotopic (exact) mass is 430 g/mol. The smallest absolute Gasteiger partial charge is 0.410 e. The maximum Gasteiger partial charge on any atom is 0.410 e. The number of amides is 2. The van der Waals surface area contributed by atoms with Crippen molar-refractivity contribution in [2.24, 2.45) is 0 Å². The van der Waals surface area contributed by atoms with E-state index in [0.29, 0.717) is 13.1 Å². The Kier molecular flexibility index (Phi) is 6.45. The first kappa shape index (κ1) is 22.3. The van der Waals surface area contributed by atoms with Gasteiger partial charge in [-0.25, -0.2) is 13.2 Å². The van der Waals surface area contributed by atoms with Gasteiger partial charge in [-0.2, -0.15) is 4.31 Å². The number of ether oxygens (including phenoxy) is 1. The Hall–Kier alpha value is -1.39. The molecule has 0 N–H and O–H groups in total. The standard InChI is InChI=1S/C19H34N4O5S/c1-19(2,3)28-18(25)21-9-11-23(12-10-21)29(26,27)15-13-22(14-15)17(24)16-7-5-6-8-20(16)4/h15-16H,5-14H2,1-4H3. The van der Waals surface area contributed by atoms with Gasteiger partial charge in [0.1, 0.15) is 10.9 Å². The highest BCUT2D eigenvalue weighted by Gasteiger charge is 2.45. The minimum absolute atomic E-state index is 0.0494. The highest BCUT2D eigenvalue weighted by Crippen LogP contribution is 2.25. The van der Waals surface area contributed by atoms with Crippen LogP contribution in [0.3, 0.4) is 0 Å². The van der Waals surface area contributed by atoms with Crippen molar-refractivity contribution in [3.63, 3.8) is 0 Å². The van der Waals surface area contributed by atoms with Crippen molar-refractivity contribution in [3.8, 4) is 0 Å². The van der Waals surface area contributed by atoms with Crippen molar-refractivity contribution >= 4 is 22.0 Å². The van der Waals surface area contributed by atoms with E-state index in [4.69, 9.17) is 4.74 Å². The third-order valence-corrected chi connectivity index (χ3v) is 8.11. The van der Waals surface area contributed by atoms with Gasteiger partial charge in [0.15, 0.2) is 0 Å². The molecule has 2 amide bonds. The fraction of sp³-hybridized carbons (Fsp3) is 0.895. The molecule has 1 unspecified atom stereocenters. The van der Waals surface area contributed by atoms with E-state index in [-0.39, 0.29) is 38.1 Å². The van der Waals surface area contributed by atoms with E-state index in [1.165, 1.54) is 4.31 Å². The fourth-order valence-electron chi connectivity index (χ4n) is 4.07. The summed E-state index contributed by atoms with van der Waals surface area (Å²) in [4.78, 5) is 30.1. The number of piperazine rings is 1. The van der Waals surface area contributed by atoms with Crippen molar-refractivity contribution in [1.82, 2.24) is 19.0 Å². The maximum atomic E-state index is 12.9. The molecule has 3 aliphatic heterocycles. The van der Waals surface area contributed by atoms with E-state index in [2.05, 4.69) is 4.90 Å². The van der Waals surface area contributed by atoms with E-state index >= 15 is 0 Å². The Bertz CT molecular complexity index is 721. The molecule has 0 aliphatic carbocycles. The maximum absolute atomic E-state index is 12.9. The average Bonchev–Trinajstić information content (AvgIpc) is 2.59. The molecule has 29 heavy (non-hydrogen) atoms. The molecule has 0 aromatic carbocycles. The molecule has 0 aromatic heterocycles. The van der Waals surface area contributed by atoms with Crippen molar-refractivity contribution in [2.75, 3.05) is 52.9 Å². The van der Waals surface area contributed by atoms with Crippen molar-refractivity contribution in [3.05, 3.63) is 0 Å². The first-order valence-corrected chi connectivity index (χ1v) is 12.0. The van der Waals surface area contributed by atoms with Crippen LogP contribution in [-0.4, -0.2) is 109 Å². The van der Waals surface area contributed by atoms with E-state index in [1.54, 1.807) is 30.6 Å². The highest BCUT2D eigenvalue weighted by atomic mass is 32.2. The number of hydrogen-bond acceptors (Lipinski definition) is 6. The van der Waals surface area contributed by atoms with Crippen LogP contribution in [0.25, 0.3) is 0 Å². The predicted octanol–water partition coefficient (Wildman–Crippen LogP) is 0.564. The minimum atomic E-state index is -3.47. The topological polar surface area (TPSA) is 90.5 Å². The van der Waals surface area contributed by atoms with Gasteiger partial charge in [0.05, 0.1) is 6.04 Å². The fourth-order valence-corrected chi connectivity index (χ4v) is 5.90. The van der Waals surface area contributed by atoms with Crippen LogP contribution in [0.2, 0.25) is 0 Å². The summed E-state index contributed by atoms with van der Waals surface area (Å²) in [5.41, 5.74) is -0.575. The third kappa shape index (κ3) is 5.03. The van der Waals surface area contributed by atoms with Crippen LogP contribution in [0, 0.1) is 0 Å². The molecular formula is C19H34N4O5S. The molecule has 9 nitrogen and oxygen atoms in total. The lowest BCUT2D eigenvalue weighted by molar-refractivity contribution is -0.141. The number of rotatable bonds is 3. The Morgan fingerprint density at radius 3 is 2.10 bits per heavy atom. The SMILES string of the molecule is CN1CCCCC1C(=O)N1CC(S(=O)(=O)N2CCN(C(=O)OC(C)(C)C)CC2)C1. The number of carbonyl (C=O) groups excluding carboxylic acids is 2. The van der Waals surface area contributed by atoms with Crippen LogP contribution in [0.4, 0.5) is 4.79 Å². The summed E-state index contributed by atoms with van der Waals surface area (Å²) in [5, 5.41) is -0.548. The molecule has 3 aliphatic rings. The van der Waals surface area contributed by atoms with E-state index in [9.17, 15) is 18.0 Å². The molecule has 3 heterocycles. The van der Waals surface area contributed by atoms with Crippen LogP contribution >= 0.6 is 0 Å². The Morgan fingerprint density at radius 2 is 1.55 bits per heavy atom. The van der Waals surface area contributed by atoms with E-state index < -0.39 is 27.0 Å². The molecule has 10 heteroatoms. The summed E-state index contributed by atoms with van der Waals surface area (Å²) >= 11 is 0. The van der Waals surface area contributed by atoms with Gasteiger partial charge in [-0.15, -0.1) is 0 Å². The van der Waals surface area contributed by atoms with Gasteiger partial charge >= 0.3 is 6.09 Å². The van der Waals surface area contributed by atoms with Crippen molar-refractivity contribution in [2.45, 2.75) is 56.9 Å². The van der Waals surface area contributed by atoms with Gasteiger partial charge in [0.2, 0.25) is 15.9 Å².